The van der Waals surface area contributed by atoms with Crippen LogP contribution in [0.3, 0.4) is 0 Å². The van der Waals surface area contributed by atoms with Gasteiger partial charge in [0.1, 0.15) is 18.7 Å². The standard InChI is InChI=1S/C15H16N4O2/c20-13(18-11-5-2-1-3-6-11)9-19-10-17-14-12(15(19)21)7-4-8-16-14/h1-3,5-6,10,16H,4,7-9H2,(H,18,20). The number of carbonyl (C=O) groups excluding carboxylic acids is 1. The minimum atomic E-state index is -0.242. The van der Waals surface area contributed by atoms with Gasteiger partial charge < -0.3 is 10.6 Å². The van der Waals surface area contributed by atoms with Gasteiger partial charge in [0.05, 0.1) is 5.56 Å². The molecule has 0 saturated carbocycles. The number of nitrogens with zero attached hydrogens (tertiary/aromatic N) is 2. The van der Waals surface area contributed by atoms with Crippen molar-refractivity contribution in [2.75, 3.05) is 17.2 Å². The Bertz CT molecular complexity index is 709. The van der Waals surface area contributed by atoms with Crippen molar-refractivity contribution in [3.8, 4) is 0 Å². The maximum absolute atomic E-state index is 12.3. The van der Waals surface area contributed by atoms with Crippen LogP contribution in [0.1, 0.15) is 12.0 Å². The zero-order chi connectivity index (χ0) is 14.7. The molecule has 0 saturated heterocycles. The molecule has 6 heteroatoms. The molecular weight excluding hydrogens is 268 g/mol. The molecule has 0 radical (unpaired) electrons. The van der Waals surface area contributed by atoms with Crippen LogP contribution >= 0.6 is 0 Å². The van der Waals surface area contributed by atoms with Crippen molar-refractivity contribution in [2.24, 2.45) is 0 Å². The average Bonchev–Trinajstić information content (AvgIpc) is 2.51. The maximum atomic E-state index is 12.3. The number of aromatic nitrogens is 2. The van der Waals surface area contributed by atoms with E-state index in [9.17, 15) is 9.59 Å². The van der Waals surface area contributed by atoms with Crippen molar-refractivity contribution in [3.05, 3.63) is 52.6 Å². The summed E-state index contributed by atoms with van der Waals surface area (Å²) in [5.41, 5.74) is 1.23. The minimum absolute atomic E-state index is 0.0337. The zero-order valence-corrected chi connectivity index (χ0v) is 11.5. The van der Waals surface area contributed by atoms with Crippen molar-refractivity contribution < 1.29 is 4.79 Å². The summed E-state index contributed by atoms with van der Waals surface area (Å²) < 4.78 is 1.35. The van der Waals surface area contributed by atoms with Gasteiger partial charge in [-0.15, -0.1) is 0 Å². The number of hydrogen-bond donors (Lipinski definition) is 2. The van der Waals surface area contributed by atoms with E-state index >= 15 is 0 Å². The van der Waals surface area contributed by atoms with Gasteiger partial charge in [-0.3, -0.25) is 14.2 Å². The van der Waals surface area contributed by atoms with E-state index in [4.69, 9.17) is 0 Å². The van der Waals surface area contributed by atoms with Gasteiger partial charge in [-0.1, -0.05) is 18.2 Å². The lowest BCUT2D eigenvalue weighted by Crippen LogP contribution is -2.32. The number of rotatable bonds is 3. The van der Waals surface area contributed by atoms with Crippen molar-refractivity contribution in [1.29, 1.82) is 0 Å². The fourth-order valence-electron chi connectivity index (χ4n) is 2.37. The molecule has 1 aromatic carbocycles. The SMILES string of the molecule is O=C(Cn1cnc2c(c1=O)CCCN2)Nc1ccccc1. The van der Waals surface area contributed by atoms with Gasteiger partial charge in [0.25, 0.3) is 5.56 Å². The number of fused-ring (bicyclic) bond motifs is 1. The van der Waals surface area contributed by atoms with Crippen LogP contribution in [0.5, 0.6) is 0 Å². The third kappa shape index (κ3) is 2.94. The summed E-state index contributed by atoms with van der Waals surface area (Å²) in [4.78, 5) is 28.5. The Balaban J connectivity index is 1.76. The highest BCUT2D eigenvalue weighted by Gasteiger charge is 2.16. The lowest BCUT2D eigenvalue weighted by Gasteiger charge is -2.17. The quantitative estimate of drug-likeness (QED) is 0.889. The van der Waals surface area contributed by atoms with Gasteiger partial charge >= 0.3 is 0 Å². The highest BCUT2D eigenvalue weighted by molar-refractivity contribution is 5.90. The predicted molar refractivity (Wildman–Crippen MR) is 80.4 cm³/mol. The molecule has 0 bridgehead atoms. The topological polar surface area (TPSA) is 76.0 Å². The Hall–Kier alpha value is -2.63. The molecule has 0 aliphatic carbocycles. The molecule has 108 valence electrons. The second-order valence-electron chi connectivity index (χ2n) is 4.95. The van der Waals surface area contributed by atoms with Crippen LogP contribution in [0, 0.1) is 0 Å². The predicted octanol–water partition coefficient (Wildman–Crippen LogP) is 1.24. The molecule has 0 spiro atoms. The number of nitrogens with one attached hydrogen (secondary N) is 2. The summed E-state index contributed by atoms with van der Waals surface area (Å²) in [7, 11) is 0. The first kappa shape index (κ1) is 13.4. The lowest BCUT2D eigenvalue weighted by atomic mass is 10.1. The van der Waals surface area contributed by atoms with Crippen molar-refractivity contribution in [2.45, 2.75) is 19.4 Å². The molecule has 1 aliphatic rings. The second-order valence-corrected chi connectivity index (χ2v) is 4.95. The van der Waals surface area contributed by atoms with Crippen molar-refractivity contribution >= 4 is 17.4 Å². The largest absolute Gasteiger partial charge is 0.370 e. The first-order valence-electron chi connectivity index (χ1n) is 6.91. The molecule has 6 nitrogen and oxygen atoms in total. The normalized spacial score (nSPS) is 13.1. The summed E-state index contributed by atoms with van der Waals surface area (Å²) in [6, 6.07) is 9.16. The van der Waals surface area contributed by atoms with Gasteiger partial charge in [-0.05, 0) is 25.0 Å². The van der Waals surface area contributed by atoms with E-state index in [1.54, 1.807) is 12.1 Å². The Morgan fingerprint density at radius 3 is 2.95 bits per heavy atom. The Labute approximate surface area is 121 Å². The van der Waals surface area contributed by atoms with Gasteiger partial charge in [0.15, 0.2) is 0 Å². The molecule has 1 amide bonds. The van der Waals surface area contributed by atoms with Gasteiger partial charge in [-0.2, -0.15) is 0 Å². The highest BCUT2D eigenvalue weighted by Crippen LogP contribution is 2.14. The van der Waals surface area contributed by atoms with E-state index in [2.05, 4.69) is 15.6 Å². The number of para-hydroxylation sites is 1. The number of carbonyl (C=O) groups is 1. The second kappa shape index (κ2) is 5.78. The van der Waals surface area contributed by atoms with Crippen LogP contribution in [-0.4, -0.2) is 22.0 Å². The number of amides is 1. The first-order valence-corrected chi connectivity index (χ1v) is 6.91. The summed E-state index contributed by atoms with van der Waals surface area (Å²) in [5, 5.41) is 5.85. The zero-order valence-electron chi connectivity index (χ0n) is 11.5. The Morgan fingerprint density at radius 1 is 1.33 bits per heavy atom. The number of anilines is 2. The Kier molecular flexibility index (Phi) is 3.68. The molecule has 1 aliphatic heterocycles. The maximum Gasteiger partial charge on any atom is 0.259 e. The van der Waals surface area contributed by atoms with Gasteiger partial charge in [0, 0.05) is 12.2 Å². The monoisotopic (exact) mass is 284 g/mol. The van der Waals surface area contributed by atoms with E-state index in [0.717, 1.165) is 13.0 Å². The van der Waals surface area contributed by atoms with Crippen LogP contribution in [0.2, 0.25) is 0 Å². The fraction of sp³-hybridized carbons (Fsp3) is 0.267. The molecule has 0 fully saturated rings. The Morgan fingerprint density at radius 2 is 2.14 bits per heavy atom. The summed E-state index contributed by atoms with van der Waals surface area (Å²) in [6.45, 7) is 0.798. The molecule has 0 atom stereocenters. The van der Waals surface area contributed by atoms with Crippen LogP contribution in [0.25, 0.3) is 0 Å². The van der Waals surface area contributed by atoms with Crippen molar-refractivity contribution in [3.63, 3.8) is 0 Å². The van der Waals surface area contributed by atoms with Crippen LogP contribution in [0.15, 0.2) is 41.5 Å². The third-order valence-electron chi connectivity index (χ3n) is 3.40. The highest BCUT2D eigenvalue weighted by atomic mass is 16.2. The lowest BCUT2D eigenvalue weighted by molar-refractivity contribution is -0.116. The fourth-order valence-corrected chi connectivity index (χ4v) is 2.37. The minimum Gasteiger partial charge on any atom is -0.370 e. The van der Waals surface area contributed by atoms with Gasteiger partial charge in [0.2, 0.25) is 5.91 Å². The van der Waals surface area contributed by atoms with Crippen molar-refractivity contribution in [1.82, 2.24) is 9.55 Å². The summed E-state index contributed by atoms with van der Waals surface area (Å²) >= 11 is 0. The van der Waals surface area contributed by atoms with E-state index in [1.807, 2.05) is 18.2 Å². The number of hydrogen-bond acceptors (Lipinski definition) is 4. The van der Waals surface area contributed by atoms with Crippen LogP contribution in [0.4, 0.5) is 11.5 Å². The summed E-state index contributed by atoms with van der Waals surface area (Å²) in [6.07, 6.45) is 3.03. The molecule has 2 aromatic rings. The molecule has 21 heavy (non-hydrogen) atoms. The molecule has 0 unspecified atom stereocenters. The molecule has 2 N–H and O–H groups in total. The number of benzene rings is 1. The van der Waals surface area contributed by atoms with Gasteiger partial charge in [-0.25, -0.2) is 4.98 Å². The van der Waals surface area contributed by atoms with Crippen LogP contribution < -0.4 is 16.2 Å². The summed E-state index contributed by atoms with van der Waals surface area (Å²) in [5.74, 6) is 0.403. The van der Waals surface area contributed by atoms with E-state index in [-0.39, 0.29) is 18.0 Å². The van der Waals surface area contributed by atoms with E-state index in [1.165, 1.54) is 10.9 Å². The molecule has 2 heterocycles. The van der Waals surface area contributed by atoms with Crippen LogP contribution in [-0.2, 0) is 17.8 Å². The first-order chi connectivity index (χ1) is 10.2. The molecular formula is C15H16N4O2. The van der Waals surface area contributed by atoms with E-state index < -0.39 is 0 Å². The van der Waals surface area contributed by atoms with E-state index in [0.29, 0.717) is 23.5 Å². The third-order valence-corrected chi connectivity index (χ3v) is 3.40. The smallest absolute Gasteiger partial charge is 0.259 e. The molecule has 1 aromatic heterocycles. The average molecular weight is 284 g/mol. The molecule has 3 rings (SSSR count).